The summed E-state index contributed by atoms with van der Waals surface area (Å²) in [5.41, 5.74) is 2.46. The van der Waals surface area contributed by atoms with Crippen molar-refractivity contribution >= 4 is 17.2 Å². The normalized spacial score (nSPS) is 14.4. The highest BCUT2D eigenvalue weighted by molar-refractivity contribution is 6.18. The van der Waals surface area contributed by atoms with Crippen molar-refractivity contribution < 1.29 is 4.79 Å². The summed E-state index contributed by atoms with van der Waals surface area (Å²) in [7, 11) is 0. The third kappa shape index (κ3) is 4.16. The molecular formula is C18H23NO. The van der Waals surface area contributed by atoms with E-state index in [0.717, 1.165) is 23.4 Å². The molecule has 0 saturated carbocycles. The van der Waals surface area contributed by atoms with Crippen LogP contribution in [-0.2, 0) is 0 Å². The maximum absolute atomic E-state index is 12.0. The molecule has 0 bridgehead atoms. The Morgan fingerprint density at radius 2 is 1.95 bits per heavy atom. The van der Waals surface area contributed by atoms with Crippen molar-refractivity contribution in [2.75, 3.05) is 0 Å². The number of carbonyl (C=O) groups excluding carboxylic acids is 1. The first-order chi connectivity index (χ1) is 9.81. The van der Waals surface area contributed by atoms with Crippen LogP contribution in [0.2, 0.25) is 0 Å². The van der Waals surface area contributed by atoms with E-state index in [0.29, 0.717) is 6.42 Å². The molecule has 20 heavy (non-hydrogen) atoms. The first kappa shape index (κ1) is 14.7. The van der Waals surface area contributed by atoms with Gasteiger partial charge >= 0.3 is 0 Å². The van der Waals surface area contributed by atoms with Crippen LogP contribution in [0.25, 0.3) is 0 Å². The van der Waals surface area contributed by atoms with Crippen molar-refractivity contribution in [1.82, 2.24) is 0 Å². The number of fused-ring (bicyclic) bond motifs is 1. The molecule has 1 aliphatic rings. The molecule has 0 aliphatic carbocycles. The van der Waals surface area contributed by atoms with E-state index in [9.17, 15) is 4.79 Å². The van der Waals surface area contributed by atoms with Gasteiger partial charge in [0.05, 0.1) is 12.1 Å². The first-order valence-electron chi connectivity index (χ1n) is 7.67. The number of carbonyl (C=O) groups is 1. The van der Waals surface area contributed by atoms with Gasteiger partial charge in [-0.3, -0.25) is 9.79 Å². The van der Waals surface area contributed by atoms with Gasteiger partial charge in [0.15, 0.2) is 5.78 Å². The Bertz CT molecular complexity index is 514. The molecule has 0 N–H and O–H groups in total. The monoisotopic (exact) mass is 269 g/mol. The summed E-state index contributed by atoms with van der Waals surface area (Å²) in [6, 6.07) is 7.58. The molecule has 2 rings (SSSR count). The van der Waals surface area contributed by atoms with Gasteiger partial charge in [-0.15, -0.1) is 0 Å². The number of nitrogens with zero attached hydrogens (tertiary/aromatic N) is 1. The Hall–Kier alpha value is -1.70. The molecule has 0 fully saturated rings. The fourth-order valence-corrected chi connectivity index (χ4v) is 2.44. The second-order valence-electron chi connectivity index (χ2n) is 5.33. The molecule has 0 radical (unpaired) electrons. The maximum Gasteiger partial charge on any atom is 0.170 e. The third-order valence-corrected chi connectivity index (χ3v) is 3.59. The molecule has 0 aromatic heterocycles. The standard InChI is InChI=1S/C18H23NO/c1-2-3-4-5-6-7-8-11-15-14-18(20)16-12-9-10-13-17(16)19-15/h8-13H,2-7,14H2,1H3. The van der Waals surface area contributed by atoms with E-state index in [1.807, 2.05) is 30.3 Å². The van der Waals surface area contributed by atoms with Crippen molar-refractivity contribution in [2.45, 2.75) is 51.9 Å². The quantitative estimate of drug-likeness (QED) is 0.621. The number of hydrogen-bond donors (Lipinski definition) is 0. The lowest BCUT2D eigenvalue weighted by molar-refractivity contribution is 0.1000. The van der Waals surface area contributed by atoms with Gasteiger partial charge in [-0.05, 0) is 31.1 Å². The zero-order valence-electron chi connectivity index (χ0n) is 12.3. The lowest BCUT2D eigenvalue weighted by Gasteiger charge is -2.11. The van der Waals surface area contributed by atoms with Crippen LogP contribution in [0.3, 0.4) is 0 Å². The summed E-state index contributed by atoms with van der Waals surface area (Å²) >= 11 is 0. The van der Waals surface area contributed by atoms with Crippen molar-refractivity contribution in [3.8, 4) is 0 Å². The molecule has 0 amide bonds. The molecule has 0 atom stereocenters. The molecular weight excluding hydrogens is 246 g/mol. The van der Waals surface area contributed by atoms with Crippen LogP contribution in [0.4, 0.5) is 5.69 Å². The molecule has 0 spiro atoms. The zero-order valence-corrected chi connectivity index (χ0v) is 12.3. The largest absolute Gasteiger partial charge is 0.294 e. The Morgan fingerprint density at radius 3 is 2.80 bits per heavy atom. The minimum absolute atomic E-state index is 0.179. The highest BCUT2D eigenvalue weighted by Gasteiger charge is 2.17. The number of Topliss-reactive ketones (excluding diaryl/α,β-unsaturated/α-hetero) is 1. The molecule has 1 heterocycles. The first-order valence-corrected chi connectivity index (χ1v) is 7.67. The number of ketones is 1. The van der Waals surface area contributed by atoms with Gasteiger partial charge in [0.25, 0.3) is 0 Å². The minimum Gasteiger partial charge on any atom is -0.294 e. The number of aliphatic imine (C=N–C) groups is 1. The third-order valence-electron chi connectivity index (χ3n) is 3.59. The molecule has 1 aromatic rings. The maximum atomic E-state index is 12.0. The minimum atomic E-state index is 0.179. The summed E-state index contributed by atoms with van der Waals surface area (Å²) < 4.78 is 0. The van der Waals surface area contributed by atoms with Gasteiger partial charge in [-0.25, -0.2) is 0 Å². The van der Waals surface area contributed by atoms with E-state index in [1.54, 1.807) is 0 Å². The number of unbranched alkanes of at least 4 members (excludes halogenated alkanes) is 5. The Kier molecular flexibility index (Phi) is 5.72. The molecule has 0 unspecified atom stereocenters. The van der Waals surface area contributed by atoms with Crippen LogP contribution in [0.15, 0.2) is 41.4 Å². The predicted octanol–water partition coefficient (Wildman–Crippen LogP) is 5.26. The SMILES string of the molecule is CCCCCCCC=CC1=Nc2ccccc2C(=O)C1. The van der Waals surface area contributed by atoms with E-state index >= 15 is 0 Å². The van der Waals surface area contributed by atoms with Crippen LogP contribution >= 0.6 is 0 Å². The van der Waals surface area contributed by atoms with Crippen LogP contribution in [0.1, 0.15) is 62.2 Å². The summed E-state index contributed by atoms with van der Waals surface area (Å²) in [6.45, 7) is 2.23. The Labute approximate surface area is 121 Å². The van der Waals surface area contributed by atoms with Crippen LogP contribution < -0.4 is 0 Å². The number of benzene rings is 1. The van der Waals surface area contributed by atoms with E-state index < -0.39 is 0 Å². The fraction of sp³-hybridized carbons (Fsp3) is 0.444. The fourth-order valence-electron chi connectivity index (χ4n) is 2.44. The average Bonchev–Trinajstić information content (AvgIpc) is 2.46. The van der Waals surface area contributed by atoms with Gasteiger partial charge in [0, 0.05) is 11.3 Å². The topological polar surface area (TPSA) is 29.4 Å². The number of rotatable bonds is 7. The smallest absolute Gasteiger partial charge is 0.170 e. The van der Waals surface area contributed by atoms with Crippen LogP contribution in [0, 0.1) is 0 Å². The Balaban J connectivity index is 1.85. The van der Waals surface area contributed by atoms with Crippen LogP contribution in [0.5, 0.6) is 0 Å². The zero-order chi connectivity index (χ0) is 14.2. The molecule has 2 nitrogen and oxygen atoms in total. The second-order valence-corrected chi connectivity index (χ2v) is 5.33. The Morgan fingerprint density at radius 1 is 1.15 bits per heavy atom. The van der Waals surface area contributed by atoms with E-state index in [2.05, 4.69) is 18.0 Å². The predicted molar refractivity (Wildman–Crippen MR) is 85.0 cm³/mol. The van der Waals surface area contributed by atoms with Crippen molar-refractivity contribution in [3.05, 3.63) is 42.0 Å². The van der Waals surface area contributed by atoms with E-state index in [1.165, 1.54) is 32.1 Å². The second kappa shape index (κ2) is 7.78. The van der Waals surface area contributed by atoms with Crippen molar-refractivity contribution in [3.63, 3.8) is 0 Å². The van der Waals surface area contributed by atoms with Gasteiger partial charge in [-0.2, -0.15) is 0 Å². The highest BCUT2D eigenvalue weighted by Crippen LogP contribution is 2.25. The van der Waals surface area contributed by atoms with E-state index in [-0.39, 0.29) is 5.78 Å². The summed E-state index contributed by atoms with van der Waals surface area (Å²) in [6.07, 6.45) is 12.2. The number of hydrogen-bond acceptors (Lipinski definition) is 2. The summed E-state index contributed by atoms with van der Waals surface area (Å²) in [5.74, 6) is 0.179. The molecule has 0 saturated heterocycles. The van der Waals surface area contributed by atoms with Gasteiger partial charge in [0.2, 0.25) is 0 Å². The van der Waals surface area contributed by atoms with Gasteiger partial charge in [0.1, 0.15) is 0 Å². The molecule has 1 aromatic carbocycles. The number of para-hydroxylation sites is 1. The highest BCUT2D eigenvalue weighted by atomic mass is 16.1. The van der Waals surface area contributed by atoms with Crippen molar-refractivity contribution in [2.24, 2.45) is 4.99 Å². The van der Waals surface area contributed by atoms with Crippen molar-refractivity contribution in [1.29, 1.82) is 0 Å². The van der Waals surface area contributed by atoms with Gasteiger partial charge < -0.3 is 0 Å². The average molecular weight is 269 g/mol. The summed E-state index contributed by atoms with van der Waals surface area (Å²) in [5, 5.41) is 0. The lowest BCUT2D eigenvalue weighted by Crippen LogP contribution is -2.11. The van der Waals surface area contributed by atoms with Gasteiger partial charge in [-0.1, -0.05) is 50.8 Å². The summed E-state index contributed by atoms with van der Waals surface area (Å²) in [4.78, 5) is 16.5. The van der Waals surface area contributed by atoms with Crippen LogP contribution in [-0.4, -0.2) is 11.5 Å². The number of allylic oxidation sites excluding steroid dienone is 2. The molecule has 106 valence electrons. The lowest BCUT2D eigenvalue weighted by atomic mass is 10.00. The van der Waals surface area contributed by atoms with E-state index in [4.69, 9.17) is 0 Å². The molecule has 2 heteroatoms. The molecule has 1 aliphatic heterocycles.